The average molecular weight is 231 g/mol. The molecule has 0 saturated carbocycles. The zero-order valence-electron chi connectivity index (χ0n) is 9.05. The van der Waals surface area contributed by atoms with Gasteiger partial charge in [0.05, 0.1) is 6.54 Å². The summed E-state index contributed by atoms with van der Waals surface area (Å²) >= 11 is 1.73. The molecule has 0 aliphatic rings. The van der Waals surface area contributed by atoms with Gasteiger partial charge in [-0.3, -0.25) is 0 Å². The maximum Gasteiger partial charge on any atom is 0.147 e. The summed E-state index contributed by atoms with van der Waals surface area (Å²) in [6.45, 7) is 0.651. The number of hydrogen-bond donors (Lipinski definition) is 1. The number of aromatic nitrogens is 2. The standard InChI is InChI=1S/C12H13N3S/c1-16-11-6-3-2-5-10(11)15-9-12-13-7-4-8-14-12/h2-8,15H,9H2,1H3. The Balaban J connectivity index is 2.05. The molecule has 1 N–H and O–H groups in total. The van der Waals surface area contributed by atoms with Gasteiger partial charge in [-0.15, -0.1) is 11.8 Å². The summed E-state index contributed by atoms with van der Waals surface area (Å²) in [5.41, 5.74) is 1.13. The highest BCUT2D eigenvalue weighted by Crippen LogP contribution is 2.24. The van der Waals surface area contributed by atoms with E-state index in [0.29, 0.717) is 6.54 Å². The first-order valence-corrected chi connectivity index (χ1v) is 6.25. The van der Waals surface area contributed by atoms with E-state index < -0.39 is 0 Å². The van der Waals surface area contributed by atoms with E-state index in [1.807, 2.05) is 18.2 Å². The Labute approximate surface area is 99.3 Å². The lowest BCUT2D eigenvalue weighted by molar-refractivity contribution is 0.945. The predicted octanol–water partition coefficient (Wildman–Crippen LogP) is 2.81. The molecule has 2 aromatic rings. The van der Waals surface area contributed by atoms with Gasteiger partial charge in [-0.05, 0) is 24.5 Å². The smallest absolute Gasteiger partial charge is 0.147 e. The van der Waals surface area contributed by atoms with Gasteiger partial charge in [0.25, 0.3) is 0 Å². The molecule has 2 rings (SSSR count). The number of para-hydroxylation sites is 1. The second kappa shape index (κ2) is 5.51. The molecule has 16 heavy (non-hydrogen) atoms. The van der Waals surface area contributed by atoms with Crippen LogP contribution in [0.1, 0.15) is 5.82 Å². The Hall–Kier alpha value is -1.55. The summed E-state index contributed by atoms with van der Waals surface area (Å²) in [5, 5.41) is 3.33. The highest BCUT2D eigenvalue weighted by atomic mass is 32.2. The third-order valence-electron chi connectivity index (χ3n) is 2.16. The maximum atomic E-state index is 4.17. The Kier molecular flexibility index (Phi) is 3.77. The van der Waals surface area contributed by atoms with Crippen LogP contribution in [-0.4, -0.2) is 16.2 Å². The molecule has 1 heterocycles. The van der Waals surface area contributed by atoms with Crippen molar-refractivity contribution in [1.29, 1.82) is 0 Å². The van der Waals surface area contributed by atoms with Crippen molar-refractivity contribution in [1.82, 2.24) is 9.97 Å². The monoisotopic (exact) mass is 231 g/mol. The number of hydrogen-bond acceptors (Lipinski definition) is 4. The summed E-state index contributed by atoms with van der Waals surface area (Å²) in [6, 6.07) is 10.0. The topological polar surface area (TPSA) is 37.8 Å². The predicted molar refractivity (Wildman–Crippen MR) is 67.6 cm³/mol. The van der Waals surface area contributed by atoms with Gasteiger partial charge in [0, 0.05) is 23.0 Å². The molecule has 0 amide bonds. The molecule has 0 aliphatic carbocycles. The van der Waals surface area contributed by atoms with E-state index in [1.165, 1.54) is 4.90 Å². The van der Waals surface area contributed by atoms with Crippen LogP contribution in [0.5, 0.6) is 0 Å². The van der Waals surface area contributed by atoms with Crippen LogP contribution in [0.3, 0.4) is 0 Å². The average Bonchev–Trinajstić information content (AvgIpc) is 2.38. The second-order valence-electron chi connectivity index (χ2n) is 3.22. The molecule has 0 radical (unpaired) electrons. The van der Waals surface area contributed by atoms with Crippen LogP contribution in [0.4, 0.5) is 5.69 Å². The number of nitrogens with zero attached hydrogens (tertiary/aromatic N) is 2. The van der Waals surface area contributed by atoms with E-state index in [1.54, 1.807) is 24.2 Å². The quantitative estimate of drug-likeness (QED) is 0.821. The summed E-state index contributed by atoms with van der Waals surface area (Å²) in [4.78, 5) is 9.57. The fraction of sp³-hybridized carbons (Fsp3) is 0.167. The highest BCUT2D eigenvalue weighted by molar-refractivity contribution is 7.98. The van der Waals surface area contributed by atoms with E-state index in [2.05, 4.69) is 33.7 Å². The molecule has 3 nitrogen and oxygen atoms in total. The van der Waals surface area contributed by atoms with Crippen molar-refractivity contribution < 1.29 is 0 Å². The van der Waals surface area contributed by atoms with Crippen LogP contribution in [0.2, 0.25) is 0 Å². The molecule has 1 aromatic heterocycles. The van der Waals surface area contributed by atoms with Crippen LogP contribution in [0.15, 0.2) is 47.6 Å². The Bertz CT molecular complexity index is 445. The van der Waals surface area contributed by atoms with Gasteiger partial charge in [0.2, 0.25) is 0 Å². The van der Waals surface area contributed by atoms with Gasteiger partial charge in [-0.1, -0.05) is 12.1 Å². The number of thioether (sulfide) groups is 1. The Morgan fingerprint density at radius 2 is 1.88 bits per heavy atom. The summed E-state index contributed by atoms with van der Waals surface area (Å²) in [5.74, 6) is 0.804. The minimum absolute atomic E-state index is 0.651. The highest BCUT2D eigenvalue weighted by Gasteiger charge is 2.00. The summed E-state index contributed by atoms with van der Waals surface area (Å²) < 4.78 is 0. The molecule has 0 unspecified atom stereocenters. The summed E-state index contributed by atoms with van der Waals surface area (Å²) in [6.07, 6.45) is 5.58. The van der Waals surface area contributed by atoms with E-state index in [-0.39, 0.29) is 0 Å². The van der Waals surface area contributed by atoms with Crippen LogP contribution in [-0.2, 0) is 6.54 Å². The third kappa shape index (κ3) is 2.73. The fourth-order valence-electron chi connectivity index (χ4n) is 1.39. The zero-order chi connectivity index (χ0) is 11.2. The first-order chi connectivity index (χ1) is 7.90. The van der Waals surface area contributed by atoms with Gasteiger partial charge in [-0.2, -0.15) is 0 Å². The van der Waals surface area contributed by atoms with Gasteiger partial charge in [0.1, 0.15) is 5.82 Å². The Morgan fingerprint density at radius 1 is 1.12 bits per heavy atom. The molecular formula is C12H13N3S. The molecular weight excluding hydrogens is 218 g/mol. The van der Waals surface area contributed by atoms with Crippen LogP contribution < -0.4 is 5.32 Å². The maximum absolute atomic E-state index is 4.17. The molecule has 0 fully saturated rings. The lowest BCUT2D eigenvalue weighted by Gasteiger charge is -2.08. The molecule has 1 aromatic carbocycles. The number of benzene rings is 1. The second-order valence-corrected chi connectivity index (χ2v) is 4.07. The van der Waals surface area contributed by atoms with Crippen LogP contribution in [0.25, 0.3) is 0 Å². The van der Waals surface area contributed by atoms with Crippen molar-refractivity contribution >= 4 is 17.4 Å². The zero-order valence-corrected chi connectivity index (χ0v) is 9.87. The number of nitrogens with one attached hydrogen (secondary N) is 1. The first-order valence-electron chi connectivity index (χ1n) is 5.03. The normalized spacial score (nSPS) is 10.1. The lowest BCUT2D eigenvalue weighted by atomic mass is 10.3. The van der Waals surface area contributed by atoms with E-state index in [4.69, 9.17) is 0 Å². The van der Waals surface area contributed by atoms with Gasteiger partial charge >= 0.3 is 0 Å². The van der Waals surface area contributed by atoms with Gasteiger partial charge in [0.15, 0.2) is 0 Å². The largest absolute Gasteiger partial charge is 0.377 e. The number of anilines is 1. The minimum Gasteiger partial charge on any atom is -0.377 e. The SMILES string of the molecule is CSc1ccccc1NCc1ncccn1. The van der Waals surface area contributed by atoms with Crippen LogP contribution >= 0.6 is 11.8 Å². The molecule has 4 heteroatoms. The van der Waals surface area contributed by atoms with E-state index in [0.717, 1.165) is 11.5 Å². The van der Waals surface area contributed by atoms with Crippen LogP contribution in [0, 0.1) is 0 Å². The molecule has 0 bridgehead atoms. The molecule has 0 spiro atoms. The lowest BCUT2D eigenvalue weighted by Crippen LogP contribution is -2.04. The van der Waals surface area contributed by atoms with Crippen molar-refractivity contribution in [3.8, 4) is 0 Å². The van der Waals surface area contributed by atoms with Gasteiger partial charge < -0.3 is 5.32 Å². The fourth-order valence-corrected chi connectivity index (χ4v) is 1.96. The third-order valence-corrected chi connectivity index (χ3v) is 2.96. The van der Waals surface area contributed by atoms with Crippen molar-refractivity contribution in [3.05, 3.63) is 48.5 Å². The molecule has 0 saturated heterocycles. The van der Waals surface area contributed by atoms with Crippen molar-refractivity contribution in [2.75, 3.05) is 11.6 Å². The van der Waals surface area contributed by atoms with Crippen molar-refractivity contribution in [3.63, 3.8) is 0 Å². The van der Waals surface area contributed by atoms with Gasteiger partial charge in [-0.25, -0.2) is 9.97 Å². The molecule has 0 aliphatic heterocycles. The number of rotatable bonds is 4. The summed E-state index contributed by atoms with van der Waals surface area (Å²) in [7, 11) is 0. The van der Waals surface area contributed by atoms with Crippen molar-refractivity contribution in [2.24, 2.45) is 0 Å². The van der Waals surface area contributed by atoms with E-state index in [9.17, 15) is 0 Å². The minimum atomic E-state index is 0.651. The van der Waals surface area contributed by atoms with Crippen molar-refractivity contribution in [2.45, 2.75) is 11.4 Å². The van der Waals surface area contributed by atoms with E-state index >= 15 is 0 Å². The Morgan fingerprint density at radius 3 is 2.62 bits per heavy atom. The first kappa shape index (κ1) is 11.0. The molecule has 0 atom stereocenters. The molecule has 82 valence electrons.